The van der Waals surface area contributed by atoms with Gasteiger partial charge < -0.3 is 20.5 Å². The summed E-state index contributed by atoms with van der Waals surface area (Å²) < 4.78 is 5.27. The van der Waals surface area contributed by atoms with Gasteiger partial charge in [0.1, 0.15) is 12.1 Å². The number of aliphatic hydroxyl groups is 1. The third-order valence-corrected chi connectivity index (χ3v) is 1.98. The summed E-state index contributed by atoms with van der Waals surface area (Å²) in [5.74, 6) is 1.31. The molecular formula is C11H20N4O2. The molecule has 0 amide bonds. The van der Waals surface area contributed by atoms with E-state index in [2.05, 4.69) is 20.6 Å². The highest BCUT2D eigenvalue weighted by Gasteiger charge is 1.98. The monoisotopic (exact) mass is 240 g/mol. The van der Waals surface area contributed by atoms with Crippen LogP contribution in [0.25, 0.3) is 0 Å². The van der Waals surface area contributed by atoms with Crippen molar-refractivity contribution in [3.63, 3.8) is 0 Å². The zero-order chi connectivity index (χ0) is 12.5. The quantitative estimate of drug-likeness (QED) is 0.566. The lowest BCUT2D eigenvalue weighted by atomic mass is 10.4. The van der Waals surface area contributed by atoms with Crippen LogP contribution in [-0.4, -0.2) is 47.4 Å². The number of anilines is 1. The first kappa shape index (κ1) is 13.7. The first-order valence-electron chi connectivity index (χ1n) is 5.80. The lowest BCUT2D eigenvalue weighted by Gasteiger charge is -2.09. The first-order valence-corrected chi connectivity index (χ1v) is 5.80. The molecule has 1 heterocycles. The number of ether oxygens (including phenoxy) is 1. The van der Waals surface area contributed by atoms with Crippen molar-refractivity contribution in [2.75, 3.05) is 31.6 Å². The molecule has 1 unspecified atom stereocenters. The Labute approximate surface area is 101 Å². The minimum absolute atomic E-state index is 0.321. The summed E-state index contributed by atoms with van der Waals surface area (Å²) in [4.78, 5) is 8.05. The van der Waals surface area contributed by atoms with Crippen molar-refractivity contribution >= 4 is 5.82 Å². The molecule has 0 spiro atoms. The molecule has 0 radical (unpaired) electrons. The fraction of sp³-hybridized carbons (Fsp3) is 0.636. The van der Waals surface area contributed by atoms with Gasteiger partial charge in [0.05, 0.1) is 12.7 Å². The molecule has 1 aromatic heterocycles. The maximum atomic E-state index is 9.04. The van der Waals surface area contributed by atoms with Crippen molar-refractivity contribution in [1.29, 1.82) is 0 Å². The highest BCUT2D eigenvalue weighted by atomic mass is 16.5. The Morgan fingerprint density at radius 3 is 2.94 bits per heavy atom. The first-order chi connectivity index (χ1) is 8.22. The molecule has 0 saturated carbocycles. The van der Waals surface area contributed by atoms with Crippen LogP contribution in [0.5, 0.6) is 5.88 Å². The molecule has 6 nitrogen and oxygen atoms in total. The van der Waals surface area contributed by atoms with E-state index in [4.69, 9.17) is 9.84 Å². The van der Waals surface area contributed by atoms with Gasteiger partial charge >= 0.3 is 0 Å². The van der Waals surface area contributed by atoms with E-state index in [0.717, 1.165) is 18.9 Å². The minimum Gasteiger partial charge on any atom is -0.478 e. The van der Waals surface area contributed by atoms with Crippen LogP contribution in [0, 0.1) is 0 Å². The van der Waals surface area contributed by atoms with Gasteiger partial charge in [-0.15, -0.1) is 0 Å². The van der Waals surface area contributed by atoms with Gasteiger partial charge in [-0.25, -0.2) is 9.97 Å². The zero-order valence-corrected chi connectivity index (χ0v) is 10.3. The SMILES string of the molecule is CCOc1cc(NCCNCC(C)O)ncn1. The number of aliphatic hydroxyl groups excluding tert-OH is 1. The molecule has 0 aromatic carbocycles. The van der Waals surface area contributed by atoms with Crippen molar-refractivity contribution in [3.8, 4) is 5.88 Å². The molecule has 3 N–H and O–H groups in total. The Hall–Kier alpha value is -1.40. The smallest absolute Gasteiger partial charge is 0.218 e. The zero-order valence-electron chi connectivity index (χ0n) is 10.3. The van der Waals surface area contributed by atoms with Crippen LogP contribution < -0.4 is 15.4 Å². The molecule has 0 aliphatic carbocycles. The molecule has 0 aliphatic heterocycles. The topological polar surface area (TPSA) is 79.3 Å². The van der Waals surface area contributed by atoms with Gasteiger partial charge in [0.25, 0.3) is 0 Å². The second-order valence-corrected chi connectivity index (χ2v) is 3.65. The van der Waals surface area contributed by atoms with Gasteiger partial charge in [-0.1, -0.05) is 0 Å². The normalized spacial score (nSPS) is 12.2. The Morgan fingerprint density at radius 1 is 1.41 bits per heavy atom. The van der Waals surface area contributed by atoms with Crippen molar-refractivity contribution < 1.29 is 9.84 Å². The van der Waals surface area contributed by atoms with Crippen LogP contribution in [0.1, 0.15) is 13.8 Å². The van der Waals surface area contributed by atoms with Gasteiger partial charge in [-0.3, -0.25) is 0 Å². The summed E-state index contributed by atoms with van der Waals surface area (Å²) in [7, 11) is 0. The second-order valence-electron chi connectivity index (χ2n) is 3.65. The molecule has 0 saturated heterocycles. The van der Waals surface area contributed by atoms with E-state index in [1.54, 1.807) is 13.0 Å². The summed E-state index contributed by atoms with van der Waals surface area (Å²) in [5, 5.41) is 15.3. The van der Waals surface area contributed by atoms with E-state index >= 15 is 0 Å². The second kappa shape index (κ2) is 7.81. The molecule has 1 rings (SSSR count). The molecule has 1 atom stereocenters. The van der Waals surface area contributed by atoms with Crippen LogP contribution in [-0.2, 0) is 0 Å². The average molecular weight is 240 g/mol. The predicted molar refractivity (Wildman–Crippen MR) is 66.2 cm³/mol. The number of aromatic nitrogens is 2. The maximum absolute atomic E-state index is 9.04. The van der Waals surface area contributed by atoms with E-state index < -0.39 is 0 Å². The van der Waals surface area contributed by atoms with Crippen molar-refractivity contribution in [3.05, 3.63) is 12.4 Å². The summed E-state index contributed by atoms with van der Waals surface area (Å²) in [6.07, 6.45) is 1.15. The van der Waals surface area contributed by atoms with E-state index in [-0.39, 0.29) is 6.10 Å². The van der Waals surface area contributed by atoms with Crippen LogP contribution in [0.3, 0.4) is 0 Å². The lowest BCUT2D eigenvalue weighted by Crippen LogP contribution is -2.29. The van der Waals surface area contributed by atoms with Gasteiger partial charge in [0.15, 0.2) is 0 Å². The van der Waals surface area contributed by atoms with Crippen molar-refractivity contribution in [2.24, 2.45) is 0 Å². The minimum atomic E-state index is -0.321. The van der Waals surface area contributed by atoms with Crippen LogP contribution >= 0.6 is 0 Å². The Morgan fingerprint density at radius 2 is 2.24 bits per heavy atom. The predicted octanol–water partition coefficient (Wildman–Crippen LogP) is 0.258. The number of nitrogens with one attached hydrogen (secondary N) is 2. The number of rotatable bonds is 8. The van der Waals surface area contributed by atoms with E-state index in [1.807, 2.05) is 6.92 Å². The standard InChI is InChI=1S/C11H20N4O2/c1-3-17-11-6-10(14-8-15-11)13-5-4-12-7-9(2)16/h6,8-9,12,16H,3-5,7H2,1-2H3,(H,13,14,15). The average Bonchev–Trinajstić information content (AvgIpc) is 2.29. The maximum Gasteiger partial charge on any atom is 0.218 e. The summed E-state index contributed by atoms with van der Waals surface area (Å²) in [6, 6.07) is 1.76. The molecular weight excluding hydrogens is 220 g/mol. The Balaban J connectivity index is 2.24. The van der Waals surface area contributed by atoms with E-state index in [9.17, 15) is 0 Å². The molecule has 0 aliphatic rings. The highest BCUT2D eigenvalue weighted by molar-refractivity contribution is 5.36. The van der Waals surface area contributed by atoms with Crippen LogP contribution in [0.4, 0.5) is 5.82 Å². The third-order valence-electron chi connectivity index (χ3n) is 1.98. The molecule has 0 fully saturated rings. The molecule has 0 bridgehead atoms. The molecule has 17 heavy (non-hydrogen) atoms. The molecule has 1 aromatic rings. The van der Waals surface area contributed by atoms with E-state index in [0.29, 0.717) is 19.0 Å². The number of hydrogen-bond donors (Lipinski definition) is 3. The summed E-state index contributed by atoms with van der Waals surface area (Å²) >= 11 is 0. The Kier molecular flexibility index (Phi) is 6.27. The van der Waals surface area contributed by atoms with Gasteiger partial charge in [0.2, 0.25) is 5.88 Å². The highest BCUT2D eigenvalue weighted by Crippen LogP contribution is 2.09. The fourth-order valence-electron chi connectivity index (χ4n) is 1.25. The fourth-order valence-corrected chi connectivity index (χ4v) is 1.25. The van der Waals surface area contributed by atoms with Crippen molar-refractivity contribution in [1.82, 2.24) is 15.3 Å². The van der Waals surface area contributed by atoms with Crippen LogP contribution in [0.2, 0.25) is 0 Å². The van der Waals surface area contributed by atoms with Gasteiger partial charge in [-0.2, -0.15) is 0 Å². The number of nitrogens with zero attached hydrogens (tertiary/aromatic N) is 2. The van der Waals surface area contributed by atoms with Gasteiger partial charge in [-0.05, 0) is 13.8 Å². The van der Waals surface area contributed by atoms with Crippen LogP contribution in [0.15, 0.2) is 12.4 Å². The Bertz CT molecular complexity index is 320. The lowest BCUT2D eigenvalue weighted by molar-refractivity contribution is 0.192. The summed E-state index contributed by atoms with van der Waals surface area (Å²) in [6.45, 7) is 6.34. The molecule has 6 heteroatoms. The molecule has 96 valence electrons. The summed E-state index contributed by atoms with van der Waals surface area (Å²) in [5.41, 5.74) is 0. The van der Waals surface area contributed by atoms with Gasteiger partial charge in [0, 0.05) is 25.7 Å². The third kappa shape index (κ3) is 6.03. The van der Waals surface area contributed by atoms with E-state index in [1.165, 1.54) is 6.33 Å². The van der Waals surface area contributed by atoms with Crippen molar-refractivity contribution in [2.45, 2.75) is 20.0 Å². The number of hydrogen-bond acceptors (Lipinski definition) is 6. The largest absolute Gasteiger partial charge is 0.478 e.